The summed E-state index contributed by atoms with van der Waals surface area (Å²) in [5.74, 6) is 0.718. The molecule has 0 unspecified atom stereocenters. The second-order valence-electron chi connectivity index (χ2n) is 14.9. The van der Waals surface area contributed by atoms with Crippen LogP contribution in [0, 0.1) is 0 Å². The van der Waals surface area contributed by atoms with Gasteiger partial charge < -0.3 is 0 Å². The van der Waals surface area contributed by atoms with Crippen LogP contribution in [-0.2, 0) is 5.41 Å². The Morgan fingerprint density at radius 1 is 0.351 bits per heavy atom. The van der Waals surface area contributed by atoms with Gasteiger partial charge in [0.05, 0.1) is 16.8 Å². The summed E-state index contributed by atoms with van der Waals surface area (Å²) in [7, 11) is 0. The largest absolute Gasteiger partial charge is 0.228 e. The summed E-state index contributed by atoms with van der Waals surface area (Å²) < 4.78 is 2.56. The summed E-state index contributed by atoms with van der Waals surface area (Å²) >= 11 is 3.71. The van der Waals surface area contributed by atoms with Crippen molar-refractivity contribution in [2.75, 3.05) is 0 Å². The lowest BCUT2D eigenvalue weighted by Crippen LogP contribution is -2.32. The average Bonchev–Trinajstić information content (AvgIpc) is 3.80. The van der Waals surface area contributed by atoms with E-state index in [0.717, 1.165) is 39.5 Å². The Balaban J connectivity index is 1.02. The number of hydrogen-bond donors (Lipinski definition) is 0. The molecule has 12 rings (SSSR count). The second-order valence-corrected chi connectivity index (χ2v) is 17.0. The molecule has 4 heteroatoms. The minimum absolute atomic E-state index is 0.417. The SMILES string of the molecule is c1ccc(-c2nc(-c3cccc(-c4ccc5c(c4)C4(c6ccccc6S5)c5ccccc5-c5ccccc54)c3)cc(-c3ccc4c(c3)sc3ccccc34)n2)cc1. The molecule has 0 atom stereocenters. The summed E-state index contributed by atoms with van der Waals surface area (Å²) in [5, 5.41) is 2.58. The zero-order valence-corrected chi connectivity index (χ0v) is 32.3. The van der Waals surface area contributed by atoms with Crippen molar-refractivity contribution in [3.63, 3.8) is 0 Å². The molecule has 0 bridgehead atoms. The summed E-state index contributed by atoms with van der Waals surface area (Å²) in [6, 6.07) is 70.8. The van der Waals surface area contributed by atoms with Crippen LogP contribution in [0.2, 0.25) is 0 Å². The lowest BCUT2D eigenvalue weighted by Gasteiger charge is -2.40. The van der Waals surface area contributed by atoms with Crippen molar-refractivity contribution in [2.24, 2.45) is 0 Å². The third-order valence-corrected chi connectivity index (χ3v) is 14.1. The van der Waals surface area contributed by atoms with E-state index in [4.69, 9.17) is 9.97 Å². The molecule has 10 aromatic rings. The quantitative estimate of drug-likeness (QED) is 0.179. The maximum atomic E-state index is 5.22. The Kier molecular flexibility index (Phi) is 7.28. The summed E-state index contributed by atoms with van der Waals surface area (Å²) in [5.41, 5.74) is 14.9. The van der Waals surface area contributed by atoms with Gasteiger partial charge in [0.15, 0.2) is 5.82 Å². The smallest absolute Gasteiger partial charge is 0.160 e. The maximum absolute atomic E-state index is 5.22. The van der Waals surface area contributed by atoms with Gasteiger partial charge in [0.2, 0.25) is 0 Å². The van der Waals surface area contributed by atoms with Gasteiger partial charge in [0.25, 0.3) is 0 Å². The fourth-order valence-electron chi connectivity index (χ4n) is 9.24. The van der Waals surface area contributed by atoms with Crippen molar-refractivity contribution in [3.05, 3.63) is 216 Å². The predicted octanol–water partition coefficient (Wildman–Crippen LogP) is 14.3. The highest BCUT2D eigenvalue weighted by Crippen LogP contribution is 2.62. The zero-order valence-electron chi connectivity index (χ0n) is 30.7. The molecular formula is C53H32N2S2. The third kappa shape index (κ3) is 4.98. The van der Waals surface area contributed by atoms with Gasteiger partial charge in [-0.05, 0) is 87.0 Å². The van der Waals surface area contributed by atoms with Crippen LogP contribution in [-0.4, -0.2) is 9.97 Å². The highest BCUT2D eigenvalue weighted by Gasteiger charge is 2.50. The van der Waals surface area contributed by atoms with Crippen LogP contribution in [0.15, 0.2) is 204 Å². The molecular weight excluding hydrogens is 729 g/mol. The average molecular weight is 761 g/mol. The first-order valence-electron chi connectivity index (χ1n) is 19.3. The Morgan fingerprint density at radius 3 is 1.74 bits per heavy atom. The molecule has 2 nitrogen and oxygen atoms in total. The maximum Gasteiger partial charge on any atom is 0.160 e. The number of nitrogens with zero attached hydrogens (tertiary/aromatic N) is 2. The van der Waals surface area contributed by atoms with Gasteiger partial charge in [0.1, 0.15) is 0 Å². The summed E-state index contributed by atoms with van der Waals surface area (Å²) in [6.07, 6.45) is 0. The van der Waals surface area contributed by atoms with Gasteiger partial charge in [-0.15, -0.1) is 11.3 Å². The van der Waals surface area contributed by atoms with Gasteiger partial charge in [-0.2, -0.15) is 0 Å². The number of fused-ring (bicyclic) bond motifs is 12. The first-order chi connectivity index (χ1) is 28.2. The van der Waals surface area contributed by atoms with E-state index < -0.39 is 5.41 Å². The van der Waals surface area contributed by atoms with Crippen LogP contribution >= 0.6 is 23.1 Å². The molecule has 57 heavy (non-hydrogen) atoms. The number of hydrogen-bond acceptors (Lipinski definition) is 4. The molecule has 0 radical (unpaired) electrons. The van der Waals surface area contributed by atoms with E-state index >= 15 is 0 Å². The van der Waals surface area contributed by atoms with E-state index in [1.165, 1.54) is 68.9 Å². The van der Waals surface area contributed by atoms with Gasteiger partial charge in [-0.25, -0.2) is 9.97 Å². The fraction of sp³-hybridized carbons (Fsp3) is 0.0189. The monoisotopic (exact) mass is 760 g/mol. The van der Waals surface area contributed by atoms with Crippen molar-refractivity contribution in [1.29, 1.82) is 0 Å². The molecule has 0 saturated heterocycles. The lowest BCUT2D eigenvalue weighted by molar-refractivity contribution is 0.723. The van der Waals surface area contributed by atoms with Gasteiger partial charge in [0, 0.05) is 46.7 Å². The van der Waals surface area contributed by atoms with E-state index in [0.29, 0.717) is 0 Å². The molecule has 1 aliphatic carbocycles. The zero-order chi connectivity index (χ0) is 37.5. The van der Waals surface area contributed by atoms with Gasteiger partial charge in [-0.1, -0.05) is 163 Å². The Bertz CT molecular complexity index is 3190. The molecule has 1 spiro atoms. The van der Waals surface area contributed by atoms with Crippen molar-refractivity contribution in [2.45, 2.75) is 15.2 Å². The van der Waals surface area contributed by atoms with E-state index in [9.17, 15) is 0 Å². The molecule has 2 aliphatic rings. The van der Waals surface area contributed by atoms with Crippen LogP contribution < -0.4 is 0 Å². The third-order valence-electron chi connectivity index (χ3n) is 11.8. The van der Waals surface area contributed by atoms with Crippen LogP contribution in [0.5, 0.6) is 0 Å². The Labute approximate surface area is 339 Å². The van der Waals surface area contributed by atoms with Crippen molar-refractivity contribution in [3.8, 4) is 56.2 Å². The van der Waals surface area contributed by atoms with Crippen molar-refractivity contribution >= 4 is 43.3 Å². The summed E-state index contributed by atoms with van der Waals surface area (Å²) in [4.78, 5) is 13.0. The number of aromatic nitrogens is 2. The normalized spacial score (nSPS) is 13.3. The Morgan fingerprint density at radius 2 is 0.930 bits per heavy atom. The van der Waals surface area contributed by atoms with E-state index in [-0.39, 0.29) is 0 Å². The first-order valence-corrected chi connectivity index (χ1v) is 20.9. The molecule has 8 aromatic carbocycles. The first kappa shape index (κ1) is 32.6. The highest BCUT2D eigenvalue weighted by molar-refractivity contribution is 7.99. The molecule has 1 aliphatic heterocycles. The Hall–Kier alpha value is -6.59. The molecule has 0 N–H and O–H groups in total. The summed E-state index contributed by atoms with van der Waals surface area (Å²) in [6.45, 7) is 0. The van der Waals surface area contributed by atoms with E-state index in [1.807, 2.05) is 29.2 Å². The minimum atomic E-state index is -0.417. The number of benzene rings is 8. The van der Waals surface area contributed by atoms with Gasteiger partial charge >= 0.3 is 0 Å². The van der Waals surface area contributed by atoms with Crippen LogP contribution in [0.25, 0.3) is 76.3 Å². The van der Waals surface area contributed by atoms with Crippen LogP contribution in [0.4, 0.5) is 0 Å². The molecule has 266 valence electrons. The highest BCUT2D eigenvalue weighted by atomic mass is 32.2. The number of thiophene rings is 1. The molecule has 2 aromatic heterocycles. The van der Waals surface area contributed by atoms with Crippen molar-refractivity contribution < 1.29 is 0 Å². The van der Waals surface area contributed by atoms with Crippen LogP contribution in [0.3, 0.4) is 0 Å². The van der Waals surface area contributed by atoms with Crippen molar-refractivity contribution in [1.82, 2.24) is 9.97 Å². The fourth-order valence-corrected chi connectivity index (χ4v) is 11.6. The molecule has 0 saturated carbocycles. The molecule has 0 fully saturated rings. The van der Waals surface area contributed by atoms with E-state index in [1.54, 1.807) is 0 Å². The predicted molar refractivity (Wildman–Crippen MR) is 238 cm³/mol. The second kappa shape index (κ2) is 12.7. The number of rotatable bonds is 4. The standard InChI is InChI=1S/C53H32N2S2/c1-2-13-33(14-3-1)52-54-46(32-47(55-52)37-25-27-41-40-19-6-10-23-48(40)56-51(41)31-37)36-16-12-15-34(29-36)35-26-28-50-45(30-35)53(44-22-9-11-24-49(44)57-50)42-20-7-4-17-38(42)39-18-5-8-21-43(39)53/h1-32H. The van der Waals surface area contributed by atoms with Crippen LogP contribution in [0.1, 0.15) is 22.3 Å². The topological polar surface area (TPSA) is 25.8 Å². The van der Waals surface area contributed by atoms with Gasteiger partial charge in [-0.3, -0.25) is 0 Å². The minimum Gasteiger partial charge on any atom is -0.228 e. The molecule has 0 amide bonds. The lowest BCUT2D eigenvalue weighted by atomic mass is 9.67. The molecule has 3 heterocycles. The van der Waals surface area contributed by atoms with E-state index in [2.05, 4.69) is 188 Å².